The van der Waals surface area contributed by atoms with Crippen molar-refractivity contribution >= 4 is 18.0 Å². The normalized spacial score (nSPS) is 10.6. The fraction of sp³-hybridized carbons (Fsp3) is 0.333. The highest BCUT2D eigenvalue weighted by atomic mass is 16.5. The molecule has 0 saturated carbocycles. The molecular weight excluding hydrogens is 306 g/mol. The van der Waals surface area contributed by atoms with Gasteiger partial charge in [-0.1, -0.05) is 19.4 Å². The molecule has 6 nitrogen and oxygen atoms in total. The lowest BCUT2D eigenvalue weighted by Crippen LogP contribution is -2.00. The van der Waals surface area contributed by atoms with Gasteiger partial charge in [0.25, 0.3) is 0 Å². The van der Waals surface area contributed by atoms with Gasteiger partial charge in [0.15, 0.2) is 11.5 Å². The van der Waals surface area contributed by atoms with Gasteiger partial charge in [-0.2, -0.15) is 10.2 Å². The van der Waals surface area contributed by atoms with E-state index in [0.717, 1.165) is 24.9 Å². The van der Waals surface area contributed by atoms with Crippen LogP contribution in [0.15, 0.2) is 22.6 Å². The molecule has 2 aromatic rings. The third-order valence-electron chi connectivity index (χ3n) is 3.39. The number of oxazole rings is 1. The Morgan fingerprint density at radius 1 is 1.25 bits per heavy atom. The number of rotatable bonds is 8. The second-order valence-electron chi connectivity index (χ2n) is 5.07. The monoisotopic (exact) mass is 327 g/mol. The van der Waals surface area contributed by atoms with Crippen LogP contribution in [-0.2, 0) is 0 Å². The average molecular weight is 327 g/mol. The van der Waals surface area contributed by atoms with Crippen molar-refractivity contribution in [3.63, 3.8) is 0 Å². The van der Waals surface area contributed by atoms with Crippen molar-refractivity contribution in [2.24, 2.45) is 0 Å². The predicted molar refractivity (Wildman–Crippen MR) is 93.1 cm³/mol. The minimum absolute atomic E-state index is 0.262. The van der Waals surface area contributed by atoms with Gasteiger partial charge in [-0.3, -0.25) is 0 Å². The highest BCUT2D eigenvalue weighted by molar-refractivity contribution is 5.68. The average Bonchev–Trinajstić information content (AvgIpc) is 3.02. The Bertz CT molecular complexity index is 744. The molecule has 0 bridgehead atoms. The van der Waals surface area contributed by atoms with Gasteiger partial charge in [0.2, 0.25) is 17.5 Å². The number of aromatic nitrogens is 1. The number of ether oxygens (including phenoxy) is 2. The van der Waals surface area contributed by atoms with Gasteiger partial charge in [-0.15, -0.1) is 0 Å². The Hall–Kier alpha value is -2.94. The van der Waals surface area contributed by atoms with Crippen molar-refractivity contribution < 1.29 is 13.9 Å². The topological polar surface area (TPSA) is 80.3 Å². The van der Waals surface area contributed by atoms with Crippen molar-refractivity contribution in [1.29, 1.82) is 5.26 Å². The first-order valence-electron chi connectivity index (χ1n) is 7.76. The summed E-state index contributed by atoms with van der Waals surface area (Å²) in [6, 6.07) is 7.61. The summed E-state index contributed by atoms with van der Waals surface area (Å²) in [4.78, 5) is 4.17. The molecule has 0 spiro atoms. The van der Waals surface area contributed by atoms with Gasteiger partial charge in [0.1, 0.15) is 6.07 Å². The molecule has 0 aliphatic carbocycles. The molecule has 0 unspecified atom stereocenters. The smallest absolute Gasteiger partial charge is 0.232 e. The van der Waals surface area contributed by atoms with E-state index in [2.05, 4.69) is 17.2 Å². The quantitative estimate of drug-likeness (QED) is 0.740. The van der Waals surface area contributed by atoms with Crippen molar-refractivity contribution in [3.05, 3.63) is 35.3 Å². The fourth-order valence-electron chi connectivity index (χ4n) is 2.11. The lowest BCUT2D eigenvalue weighted by molar-refractivity contribution is 0.355. The highest BCUT2D eigenvalue weighted by Crippen LogP contribution is 2.28. The second kappa shape index (κ2) is 8.63. The zero-order valence-corrected chi connectivity index (χ0v) is 14.1. The largest absolute Gasteiger partial charge is 0.493 e. The van der Waals surface area contributed by atoms with E-state index in [1.807, 2.05) is 30.3 Å². The number of methoxy groups -OCH3 is 2. The maximum atomic E-state index is 9.13. The van der Waals surface area contributed by atoms with Gasteiger partial charge in [-0.05, 0) is 30.2 Å². The third kappa shape index (κ3) is 4.29. The number of nitriles is 1. The number of unbranched alkanes of at least 4 members (excludes halogenated alkanes) is 1. The molecule has 1 aromatic carbocycles. The van der Waals surface area contributed by atoms with E-state index >= 15 is 0 Å². The number of hydrogen-bond acceptors (Lipinski definition) is 6. The minimum atomic E-state index is 0.262. The van der Waals surface area contributed by atoms with Crippen LogP contribution in [-0.4, -0.2) is 25.7 Å². The van der Waals surface area contributed by atoms with Gasteiger partial charge in [-0.25, -0.2) is 0 Å². The van der Waals surface area contributed by atoms with E-state index < -0.39 is 0 Å². The summed E-state index contributed by atoms with van der Waals surface area (Å²) in [5.41, 5.74) is 1.17. The van der Waals surface area contributed by atoms with Gasteiger partial charge in [0.05, 0.1) is 14.2 Å². The van der Waals surface area contributed by atoms with Crippen molar-refractivity contribution in [1.82, 2.24) is 4.98 Å². The van der Waals surface area contributed by atoms with E-state index in [0.29, 0.717) is 23.3 Å². The fourth-order valence-corrected chi connectivity index (χ4v) is 2.11. The molecule has 0 atom stereocenters. The molecule has 1 heterocycles. The first-order valence-corrected chi connectivity index (χ1v) is 7.76. The lowest BCUT2D eigenvalue weighted by Gasteiger charge is -2.07. The van der Waals surface area contributed by atoms with Crippen LogP contribution in [0.5, 0.6) is 11.5 Å². The number of nitrogens with one attached hydrogen (secondary N) is 1. The van der Waals surface area contributed by atoms with Crippen molar-refractivity contribution in [2.75, 3.05) is 26.1 Å². The number of anilines is 1. The summed E-state index contributed by atoms with van der Waals surface area (Å²) in [6.07, 6.45) is 5.62. The summed E-state index contributed by atoms with van der Waals surface area (Å²) < 4.78 is 16.1. The molecule has 2 rings (SSSR count). The standard InChI is InChI=1S/C18H21N3O3/c1-4-5-10-20-18-14(12-19)21-17(24-18)9-7-13-6-8-15(22-2)16(11-13)23-3/h6-9,11,20H,4-5,10H2,1-3H3. The van der Waals surface area contributed by atoms with Crippen molar-refractivity contribution in [2.45, 2.75) is 19.8 Å². The zero-order valence-electron chi connectivity index (χ0n) is 14.1. The molecule has 126 valence electrons. The van der Waals surface area contributed by atoms with E-state index in [1.54, 1.807) is 20.3 Å². The summed E-state index contributed by atoms with van der Waals surface area (Å²) in [6.45, 7) is 2.85. The Labute approximate surface area is 141 Å². The molecular formula is C18H21N3O3. The molecule has 6 heteroatoms. The Kier molecular flexibility index (Phi) is 6.26. The molecule has 1 N–H and O–H groups in total. The molecule has 0 fully saturated rings. The number of hydrogen-bond donors (Lipinski definition) is 1. The van der Waals surface area contributed by atoms with E-state index in [-0.39, 0.29) is 5.69 Å². The van der Waals surface area contributed by atoms with Gasteiger partial charge >= 0.3 is 0 Å². The van der Waals surface area contributed by atoms with Crippen LogP contribution < -0.4 is 14.8 Å². The summed E-state index contributed by atoms with van der Waals surface area (Å²) in [7, 11) is 3.18. The van der Waals surface area contributed by atoms with E-state index in [1.165, 1.54) is 0 Å². The van der Waals surface area contributed by atoms with Gasteiger partial charge < -0.3 is 19.2 Å². The molecule has 24 heavy (non-hydrogen) atoms. The SMILES string of the molecule is CCCCNc1oc(C=Cc2ccc(OC)c(OC)c2)nc1C#N. The van der Waals surface area contributed by atoms with Crippen LogP contribution in [0.4, 0.5) is 5.88 Å². The van der Waals surface area contributed by atoms with Crippen molar-refractivity contribution in [3.8, 4) is 17.6 Å². The van der Waals surface area contributed by atoms with E-state index in [9.17, 15) is 0 Å². The summed E-state index contributed by atoms with van der Waals surface area (Å²) in [5.74, 6) is 2.10. The molecule has 0 amide bonds. The molecule has 0 aliphatic rings. The third-order valence-corrected chi connectivity index (χ3v) is 3.39. The molecule has 1 aromatic heterocycles. The number of benzene rings is 1. The highest BCUT2D eigenvalue weighted by Gasteiger charge is 2.10. The Morgan fingerprint density at radius 2 is 2.04 bits per heavy atom. The number of nitrogens with zero attached hydrogens (tertiary/aromatic N) is 2. The Morgan fingerprint density at radius 3 is 2.71 bits per heavy atom. The van der Waals surface area contributed by atoms with Crippen LogP contribution in [0, 0.1) is 11.3 Å². The molecule has 0 radical (unpaired) electrons. The summed E-state index contributed by atoms with van der Waals surface area (Å²) >= 11 is 0. The summed E-state index contributed by atoms with van der Waals surface area (Å²) in [5, 5.41) is 12.2. The Balaban J connectivity index is 2.15. The van der Waals surface area contributed by atoms with E-state index in [4.69, 9.17) is 19.2 Å². The predicted octanol–water partition coefficient (Wildman–Crippen LogP) is 3.95. The van der Waals surface area contributed by atoms with Crippen LogP contribution in [0.25, 0.3) is 12.2 Å². The van der Waals surface area contributed by atoms with Crippen LogP contribution >= 0.6 is 0 Å². The van der Waals surface area contributed by atoms with Gasteiger partial charge in [0, 0.05) is 12.6 Å². The van der Waals surface area contributed by atoms with Crippen LogP contribution in [0.1, 0.15) is 36.9 Å². The minimum Gasteiger partial charge on any atom is -0.493 e. The first kappa shape index (κ1) is 17.4. The lowest BCUT2D eigenvalue weighted by atomic mass is 10.2. The molecule has 0 aliphatic heterocycles. The first-order chi connectivity index (χ1) is 11.7. The van der Waals surface area contributed by atoms with Crippen LogP contribution in [0.3, 0.4) is 0 Å². The maximum Gasteiger partial charge on any atom is 0.232 e. The second-order valence-corrected chi connectivity index (χ2v) is 5.07. The maximum absolute atomic E-state index is 9.13. The molecule has 0 saturated heterocycles. The van der Waals surface area contributed by atoms with Crippen LogP contribution in [0.2, 0.25) is 0 Å². The zero-order chi connectivity index (χ0) is 17.4.